The molecule has 2 heterocycles. The molecule has 1 atom stereocenters. The van der Waals surface area contributed by atoms with Gasteiger partial charge in [-0.15, -0.1) is 0 Å². The molecule has 3 nitrogen and oxygen atoms in total. The van der Waals surface area contributed by atoms with Crippen molar-refractivity contribution in [2.45, 2.75) is 32.4 Å². The Hall–Kier alpha value is -0.800. The predicted octanol–water partition coefficient (Wildman–Crippen LogP) is 2.22. The number of nitrogens with zero attached hydrogens (tertiary/aromatic N) is 2. The van der Waals surface area contributed by atoms with Crippen LogP contribution >= 0.6 is 11.6 Å². The Morgan fingerprint density at radius 2 is 2.47 bits per heavy atom. The largest absolute Gasteiger partial charge is 0.392 e. The molecular formula is C11H15ClN2O. The summed E-state index contributed by atoms with van der Waals surface area (Å²) in [6.45, 7) is 3.19. The summed E-state index contributed by atoms with van der Waals surface area (Å²) >= 11 is 6.14. The minimum atomic E-state index is -0.0114. The monoisotopic (exact) mass is 226 g/mol. The van der Waals surface area contributed by atoms with Crippen LogP contribution in [0.3, 0.4) is 0 Å². The Labute approximate surface area is 94.7 Å². The molecule has 0 saturated carbocycles. The lowest BCUT2D eigenvalue weighted by molar-refractivity contribution is 0.281. The maximum absolute atomic E-state index is 8.96. The Kier molecular flexibility index (Phi) is 3.12. The Bertz CT molecular complexity index is 356. The van der Waals surface area contributed by atoms with Crippen molar-refractivity contribution in [2.75, 3.05) is 11.4 Å². The van der Waals surface area contributed by atoms with Crippen molar-refractivity contribution in [2.24, 2.45) is 0 Å². The van der Waals surface area contributed by atoms with E-state index in [1.165, 1.54) is 12.8 Å². The third-order valence-electron chi connectivity index (χ3n) is 2.89. The third kappa shape index (κ3) is 2.08. The van der Waals surface area contributed by atoms with Crippen LogP contribution in [0, 0.1) is 0 Å². The van der Waals surface area contributed by atoms with Crippen LogP contribution in [0.1, 0.15) is 25.3 Å². The molecule has 1 fully saturated rings. The van der Waals surface area contributed by atoms with E-state index in [0.717, 1.165) is 17.9 Å². The fourth-order valence-corrected chi connectivity index (χ4v) is 2.31. The van der Waals surface area contributed by atoms with E-state index < -0.39 is 0 Å². The number of rotatable bonds is 2. The number of pyridine rings is 1. The number of aliphatic hydroxyl groups excluding tert-OH is 1. The Morgan fingerprint density at radius 3 is 3.00 bits per heavy atom. The maximum Gasteiger partial charge on any atom is 0.147 e. The van der Waals surface area contributed by atoms with Gasteiger partial charge in [0.05, 0.1) is 11.6 Å². The van der Waals surface area contributed by atoms with Crippen molar-refractivity contribution in [3.05, 3.63) is 22.8 Å². The molecular weight excluding hydrogens is 212 g/mol. The van der Waals surface area contributed by atoms with Crippen LogP contribution < -0.4 is 4.90 Å². The minimum absolute atomic E-state index is 0.0114. The van der Waals surface area contributed by atoms with Crippen LogP contribution in [-0.4, -0.2) is 22.7 Å². The summed E-state index contributed by atoms with van der Waals surface area (Å²) in [5.74, 6) is 0.846. The topological polar surface area (TPSA) is 36.4 Å². The molecule has 0 radical (unpaired) electrons. The number of aromatic nitrogens is 1. The first kappa shape index (κ1) is 10.7. The Morgan fingerprint density at radius 1 is 1.67 bits per heavy atom. The van der Waals surface area contributed by atoms with Crippen LogP contribution in [0.4, 0.5) is 5.82 Å². The summed E-state index contributed by atoms with van der Waals surface area (Å²) < 4.78 is 0. The maximum atomic E-state index is 8.96. The van der Waals surface area contributed by atoms with Crippen molar-refractivity contribution in [1.82, 2.24) is 4.98 Å². The third-order valence-corrected chi connectivity index (χ3v) is 3.16. The van der Waals surface area contributed by atoms with Gasteiger partial charge in [-0.25, -0.2) is 4.98 Å². The zero-order chi connectivity index (χ0) is 10.8. The van der Waals surface area contributed by atoms with Gasteiger partial charge in [0, 0.05) is 18.8 Å². The molecule has 1 N–H and O–H groups in total. The smallest absolute Gasteiger partial charge is 0.147 e. The molecule has 0 aromatic carbocycles. The molecule has 82 valence electrons. The van der Waals surface area contributed by atoms with Crippen LogP contribution in [-0.2, 0) is 6.61 Å². The van der Waals surface area contributed by atoms with Gasteiger partial charge >= 0.3 is 0 Å². The normalized spacial score (nSPS) is 21.0. The standard InChI is InChI=1S/C11H15ClN2O/c1-8-3-2-4-14(8)11-10(12)5-9(7-15)6-13-11/h5-6,8,15H,2-4,7H2,1H3. The first-order valence-corrected chi connectivity index (χ1v) is 5.62. The SMILES string of the molecule is CC1CCCN1c1ncc(CO)cc1Cl. The predicted molar refractivity (Wildman–Crippen MR) is 61.2 cm³/mol. The van der Waals surface area contributed by atoms with Crippen LogP contribution in [0.2, 0.25) is 5.02 Å². The van der Waals surface area contributed by atoms with E-state index in [1.807, 2.05) is 0 Å². The number of hydrogen-bond donors (Lipinski definition) is 1. The summed E-state index contributed by atoms with van der Waals surface area (Å²) in [4.78, 5) is 6.54. The highest BCUT2D eigenvalue weighted by Gasteiger charge is 2.23. The van der Waals surface area contributed by atoms with Crippen molar-refractivity contribution in [3.8, 4) is 0 Å². The van der Waals surface area contributed by atoms with Gasteiger partial charge in [-0.3, -0.25) is 0 Å². The van der Waals surface area contributed by atoms with Gasteiger partial charge in [0.1, 0.15) is 5.82 Å². The summed E-state index contributed by atoms with van der Waals surface area (Å²) in [6, 6.07) is 2.30. The fraction of sp³-hybridized carbons (Fsp3) is 0.545. The van der Waals surface area contributed by atoms with E-state index in [4.69, 9.17) is 16.7 Å². The molecule has 0 spiro atoms. The highest BCUT2D eigenvalue weighted by Crippen LogP contribution is 2.30. The van der Waals surface area contributed by atoms with E-state index >= 15 is 0 Å². The molecule has 0 bridgehead atoms. The van der Waals surface area contributed by atoms with E-state index in [2.05, 4.69) is 16.8 Å². The summed E-state index contributed by atoms with van der Waals surface area (Å²) in [5.41, 5.74) is 0.760. The van der Waals surface area contributed by atoms with Gasteiger partial charge < -0.3 is 10.0 Å². The molecule has 1 aliphatic heterocycles. The zero-order valence-electron chi connectivity index (χ0n) is 8.78. The summed E-state index contributed by atoms with van der Waals surface area (Å²) in [7, 11) is 0. The van der Waals surface area contributed by atoms with E-state index in [9.17, 15) is 0 Å². The summed E-state index contributed by atoms with van der Waals surface area (Å²) in [5, 5.41) is 9.59. The second-order valence-corrected chi connectivity index (χ2v) is 4.40. The lowest BCUT2D eigenvalue weighted by Crippen LogP contribution is -2.27. The first-order valence-electron chi connectivity index (χ1n) is 5.24. The minimum Gasteiger partial charge on any atom is -0.392 e. The number of halogens is 1. The second kappa shape index (κ2) is 4.37. The molecule has 0 aliphatic carbocycles. The van der Waals surface area contributed by atoms with Crippen molar-refractivity contribution in [3.63, 3.8) is 0 Å². The molecule has 1 aromatic heterocycles. The number of anilines is 1. The molecule has 1 saturated heterocycles. The molecule has 2 rings (SSSR count). The van der Waals surface area contributed by atoms with Gasteiger partial charge in [-0.05, 0) is 31.4 Å². The van der Waals surface area contributed by atoms with E-state index in [1.54, 1.807) is 12.3 Å². The van der Waals surface area contributed by atoms with Crippen molar-refractivity contribution >= 4 is 17.4 Å². The van der Waals surface area contributed by atoms with Crippen molar-refractivity contribution < 1.29 is 5.11 Å². The number of hydrogen-bond acceptors (Lipinski definition) is 3. The van der Waals surface area contributed by atoms with Gasteiger partial charge in [-0.2, -0.15) is 0 Å². The van der Waals surface area contributed by atoms with Crippen molar-refractivity contribution in [1.29, 1.82) is 0 Å². The zero-order valence-corrected chi connectivity index (χ0v) is 9.54. The first-order chi connectivity index (χ1) is 7.22. The van der Waals surface area contributed by atoms with E-state index in [0.29, 0.717) is 11.1 Å². The number of aliphatic hydroxyl groups is 1. The Balaban J connectivity index is 2.28. The molecule has 4 heteroatoms. The van der Waals surface area contributed by atoms with Crippen LogP contribution in [0.15, 0.2) is 12.3 Å². The van der Waals surface area contributed by atoms with Gasteiger partial charge in [0.15, 0.2) is 0 Å². The van der Waals surface area contributed by atoms with Gasteiger partial charge in [-0.1, -0.05) is 11.6 Å². The van der Waals surface area contributed by atoms with Crippen LogP contribution in [0.25, 0.3) is 0 Å². The quantitative estimate of drug-likeness (QED) is 0.840. The van der Waals surface area contributed by atoms with Gasteiger partial charge in [0.25, 0.3) is 0 Å². The molecule has 1 aliphatic rings. The van der Waals surface area contributed by atoms with Crippen LogP contribution in [0.5, 0.6) is 0 Å². The lowest BCUT2D eigenvalue weighted by Gasteiger charge is -2.23. The van der Waals surface area contributed by atoms with E-state index in [-0.39, 0.29) is 6.61 Å². The average Bonchev–Trinajstić information content (AvgIpc) is 2.64. The highest BCUT2D eigenvalue weighted by atomic mass is 35.5. The average molecular weight is 227 g/mol. The fourth-order valence-electron chi connectivity index (χ4n) is 2.02. The molecule has 1 aromatic rings. The molecule has 15 heavy (non-hydrogen) atoms. The lowest BCUT2D eigenvalue weighted by atomic mass is 10.2. The van der Waals surface area contributed by atoms with Gasteiger partial charge in [0.2, 0.25) is 0 Å². The second-order valence-electron chi connectivity index (χ2n) is 3.99. The highest BCUT2D eigenvalue weighted by molar-refractivity contribution is 6.33. The summed E-state index contributed by atoms with van der Waals surface area (Å²) in [6.07, 6.45) is 4.08. The molecule has 0 amide bonds. The molecule has 1 unspecified atom stereocenters.